The lowest BCUT2D eigenvalue weighted by molar-refractivity contribution is -0.118. The molecule has 0 spiro atoms. The summed E-state index contributed by atoms with van der Waals surface area (Å²) in [6, 6.07) is -1.38. The summed E-state index contributed by atoms with van der Waals surface area (Å²) in [4.78, 5) is 13.8. The van der Waals surface area contributed by atoms with Gasteiger partial charge in [0.1, 0.15) is 30.6 Å². The maximum Gasteiger partial charge on any atom is 0.186 e. The Balaban J connectivity index is 4.57. The molecule has 0 aromatic carbocycles. The average molecular weight is 221 g/mol. The van der Waals surface area contributed by atoms with Crippen LogP contribution < -0.4 is 11.5 Å². The Morgan fingerprint density at radius 1 is 1.27 bits per heavy atom. The van der Waals surface area contributed by atoms with Crippen molar-refractivity contribution in [2.75, 3.05) is 6.61 Å². The maximum atomic E-state index is 10.5. The summed E-state index contributed by atoms with van der Waals surface area (Å²) in [5, 5.41) is 36.1. The van der Waals surface area contributed by atoms with Crippen molar-refractivity contribution >= 4 is 12.2 Å². The number of aliphatic hydroxyl groups is 4. The first kappa shape index (κ1) is 13.8. The van der Waals surface area contributed by atoms with Crippen molar-refractivity contribution in [2.45, 2.75) is 24.4 Å². The molecule has 0 unspecified atom stereocenters. The second kappa shape index (κ2) is 6.30. The van der Waals surface area contributed by atoms with Crippen molar-refractivity contribution in [1.29, 1.82) is 0 Å². The Morgan fingerprint density at radius 3 is 2.13 bits per heavy atom. The molecule has 0 aliphatic carbocycles. The molecule has 0 fully saturated rings. The number of aldehydes is 1. The summed E-state index contributed by atoms with van der Waals surface area (Å²) in [6.45, 7) is -0.758. The van der Waals surface area contributed by atoms with E-state index in [9.17, 15) is 15.0 Å². The monoisotopic (exact) mass is 221 g/mol. The predicted molar refractivity (Wildman–Crippen MR) is 50.8 cm³/mol. The third-order valence-corrected chi connectivity index (χ3v) is 1.72. The Bertz CT molecular complexity index is 231. The Morgan fingerprint density at radius 2 is 1.80 bits per heavy atom. The highest BCUT2D eigenvalue weighted by molar-refractivity contribution is 5.78. The Kier molecular flexibility index (Phi) is 5.79. The fourth-order valence-electron chi connectivity index (χ4n) is 0.897. The van der Waals surface area contributed by atoms with E-state index in [0.717, 1.165) is 0 Å². The van der Waals surface area contributed by atoms with E-state index < -0.39 is 36.9 Å². The quantitative estimate of drug-likeness (QED) is 0.151. The van der Waals surface area contributed by atoms with Crippen LogP contribution in [-0.2, 0) is 4.79 Å². The lowest BCUT2D eigenvalue weighted by Gasteiger charge is -2.23. The van der Waals surface area contributed by atoms with Crippen LogP contribution in [0.2, 0.25) is 0 Å². The fraction of sp³-hybridized carbons (Fsp3) is 0.714. The van der Waals surface area contributed by atoms with Crippen LogP contribution in [0.1, 0.15) is 0 Å². The zero-order valence-electron chi connectivity index (χ0n) is 7.89. The van der Waals surface area contributed by atoms with E-state index >= 15 is 0 Å². The molecule has 0 bridgehead atoms. The van der Waals surface area contributed by atoms with Gasteiger partial charge in [-0.1, -0.05) is 0 Å². The lowest BCUT2D eigenvalue weighted by Crippen LogP contribution is -2.46. The minimum absolute atomic E-state index is 0.220. The van der Waals surface area contributed by atoms with Gasteiger partial charge in [-0.2, -0.15) is 0 Å². The summed E-state index contributed by atoms with van der Waals surface area (Å²) >= 11 is 0. The van der Waals surface area contributed by atoms with Crippen molar-refractivity contribution in [3.8, 4) is 0 Å². The summed E-state index contributed by atoms with van der Waals surface area (Å²) < 4.78 is 0. The molecule has 0 aromatic rings. The Hall–Kier alpha value is -1.22. The SMILES string of the molecule is NC(N)=N[C@@H](C=O)[C@@H](O)[C@H](O)[C@H](O)CO. The molecule has 4 atom stereocenters. The Labute approximate surface area is 85.8 Å². The zero-order chi connectivity index (χ0) is 12.0. The van der Waals surface area contributed by atoms with Crippen molar-refractivity contribution in [3.05, 3.63) is 0 Å². The number of hydrogen-bond acceptors (Lipinski definition) is 6. The van der Waals surface area contributed by atoms with Crippen molar-refractivity contribution in [1.82, 2.24) is 0 Å². The van der Waals surface area contributed by atoms with E-state index in [1.165, 1.54) is 0 Å². The number of nitrogens with zero attached hydrogens (tertiary/aromatic N) is 1. The molecule has 88 valence electrons. The van der Waals surface area contributed by atoms with Crippen LogP contribution in [0.4, 0.5) is 0 Å². The van der Waals surface area contributed by atoms with Crippen LogP contribution in [-0.4, -0.2) is 63.6 Å². The topological polar surface area (TPSA) is 162 Å². The van der Waals surface area contributed by atoms with Crippen LogP contribution in [0.3, 0.4) is 0 Å². The van der Waals surface area contributed by atoms with Crippen LogP contribution in [0.15, 0.2) is 4.99 Å². The number of guanidine groups is 1. The first-order valence-electron chi connectivity index (χ1n) is 4.13. The molecule has 0 rings (SSSR count). The van der Waals surface area contributed by atoms with E-state index in [-0.39, 0.29) is 6.29 Å². The van der Waals surface area contributed by atoms with Gasteiger partial charge in [0, 0.05) is 0 Å². The van der Waals surface area contributed by atoms with E-state index in [2.05, 4.69) is 4.99 Å². The number of rotatable bonds is 6. The second-order valence-electron chi connectivity index (χ2n) is 2.91. The molecule has 0 radical (unpaired) electrons. The third kappa shape index (κ3) is 4.21. The third-order valence-electron chi connectivity index (χ3n) is 1.72. The van der Waals surface area contributed by atoms with Crippen LogP contribution in [0.5, 0.6) is 0 Å². The van der Waals surface area contributed by atoms with Gasteiger partial charge in [0.25, 0.3) is 0 Å². The molecule has 0 amide bonds. The number of aliphatic imine (C=N–C) groups is 1. The minimum atomic E-state index is -1.71. The van der Waals surface area contributed by atoms with Gasteiger partial charge in [-0.3, -0.25) is 0 Å². The molecule has 0 aromatic heterocycles. The van der Waals surface area contributed by atoms with E-state index in [4.69, 9.17) is 21.7 Å². The van der Waals surface area contributed by atoms with Crippen LogP contribution in [0.25, 0.3) is 0 Å². The van der Waals surface area contributed by atoms with Gasteiger partial charge in [-0.05, 0) is 0 Å². The molecular weight excluding hydrogens is 206 g/mol. The normalized spacial score (nSPS) is 18.7. The summed E-state index contributed by atoms with van der Waals surface area (Å²) in [5.41, 5.74) is 9.96. The summed E-state index contributed by atoms with van der Waals surface area (Å²) in [7, 11) is 0. The summed E-state index contributed by atoms with van der Waals surface area (Å²) in [6.07, 6.45) is -4.76. The van der Waals surface area contributed by atoms with Gasteiger partial charge in [-0.25, -0.2) is 4.99 Å². The van der Waals surface area contributed by atoms with Crippen LogP contribution >= 0.6 is 0 Å². The number of carbonyl (C=O) groups excluding carboxylic acids is 1. The average Bonchev–Trinajstić information content (AvgIpc) is 2.22. The van der Waals surface area contributed by atoms with Crippen LogP contribution in [0, 0.1) is 0 Å². The fourth-order valence-corrected chi connectivity index (χ4v) is 0.897. The number of hydrogen-bond donors (Lipinski definition) is 6. The van der Waals surface area contributed by atoms with Crippen molar-refractivity contribution in [2.24, 2.45) is 16.5 Å². The van der Waals surface area contributed by atoms with Gasteiger partial charge >= 0.3 is 0 Å². The van der Waals surface area contributed by atoms with Gasteiger partial charge in [0.15, 0.2) is 5.96 Å². The zero-order valence-corrected chi connectivity index (χ0v) is 7.89. The van der Waals surface area contributed by atoms with Crippen molar-refractivity contribution < 1.29 is 25.2 Å². The highest BCUT2D eigenvalue weighted by Crippen LogP contribution is 2.06. The maximum absolute atomic E-state index is 10.5. The summed E-state index contributed by atoms with van der Waals surface area (Å²) in [5.74, 6) is -0.433. The first-order chi connectivity index (χ1) is 6.93. The van der Waals surface area contributed by atoms with Gasteiger partial charge in [0.2, 0.25) is 0 Å². The van der Waals surface area contributed by atoms with E-state index in [0.29, 0.717) is 0 Å². The molecule has 0 saturated heterocycles. The molecule has 0 saturated carbocycles. The number of aliphatic hydroxyl groups excluding tert-OH is 4. The van der Waals surface area contributed by atoms with Gasteiger partial charge in [-0.15, -0.1) is 0 Å². The predicted octanol–water partition coefficient (Wildman–Crippen LogP) is -4.10. The molecule has 0 aliphatic heterocycles. The largest absolute Gasteiger partial charge is 0.394 e. The smallest absolute Gasteiger partial charge is 0.186 e. The van der Waals surface area contributed by atoms with Gasteiger partial charge < -0.3 is 36.7 Å². The molecular formula is C7H15N3O5. The molecule has 8 heteroatoms. The second-order valence-corrected chi connectivity index (χ2v) is 2.91. The van der Waals surface area contributed by atoms with E-state index in [1.54, 1.807) is 0 Å². The highest BCUT2D eigenvalue weighted by Gasteiger charge is 2.30. The molecule has 8 nitrogen and oxygen atoms in total. The number of carbonyl (C=O) groups is 1. The number of nitrogens with two attached hydrogens (primary N) is 2. The van der Waals surface area contributed by atoms with Crippen molar-refractivity contribution in [3.63, 3.8) is 0 Å². The highest BCUT2D eigenvalue weighted by atomic mass is 16.4. The molecule has 0 aliphatic rings. The first-order valence-corrected chi connectivity index (χ1v) is 4.13. The minimum Gasteiger partial charge on any atom is -0.394 e. The molecule has 8 N–H and O–H groups in total. The molecule has 15 heavy (non-hydrogen) atoms. The molecule has 0 heterocycles. The lowest BCUT2D eigenvalue weighted by atomic mass is 10.0. The standard InChI is InChI=1S/C7H15N3O5/c8-7(9)10-3(1-11)5(14)6(15)4(13)2-12/h1,3-6,12-15H,2H2,(H4,8,9,10)/t3-,4+,5+,6+/m0/s1. The van der Waals surface area contributed by atoms with Gasteiger partial charge in [0.05, 0.1) is 6.61 Å². The van der Waals surface area contributed by atoms with E-state index in [1.807, 2.05) is 0 Å².